The molecule has 1 aliphatic rings. The van der Waals surface area contributed by atoms with E-state index in [1.165, 1.54) is 11.0 Å². The number of carbonyl (C=O) groups excluding carboxylic acids is 2. The minimum Gasteiger partial charge on any atom is -0.350 e. The fourth-order valence-electron chi connectivity index (χ4n) is 3.43. The van der Waals surface area contributed by atoms with Crippen LogP contribution in [0.25, 0.3) is 0 Å². The summed E-state index contributed by atoms with van der Waals surface area (Å²) in [5, 5.41) is 13.1. The fourth-order valence-corrected chi connectivity index (χ4v) is 3.43. The van der Waals surface area contributed by atoms with E-state index in [-0.39, 0.29) is 36.7 Å². The van der Waals surface area contributed by atoms with Gasteiger partial charge >= 0.3 is 0 Å². The molecule has 0 bridgehead atoms. The predicted molar refractivity (Wildman–Crippen MR) is 114 cm³/mol. The molecule has 9 heteroatoms. The normalized spacial score (nSPS) is 17.1. The fraction of sp³-hybridized carbons (Fsp3) is 0.500. The Morgan fingerprint density at radius 2 is 2.07 bits per heavy atom. The molecule has 1 saturated heterocycles. The van der Waals surface area contributed by atoms with Gasteiger partial charge < -0.3 is 10.6 Å². The maximum absolute atomic E-state index is 12.3. The Balaban J connectivity index is 0.00000300. The molecule has 2 amide bonds. The molecular formula is C20H29ClN6O2. The second kappa shape index (κ2) is 11.5. The first-order valence-electron chi connectivity index (χ1n) is 9.81. The summed E-state index contributed by atoms with van der Waals surface area (Å²) in [6, 6.07) is 9.70. The Bertz CT molecular complexity index is 776. The molecule has 0 radical (unpaired) electrons. The first-order valence-corrected chi connectivity index (χ1v) is 9.81. The monoisotopic (exact) mass is 420 g/mol. The molecule has 3 rings (SSSR count). The van der Waals surface area contributed by atoms with Crippen molar-refractivity contribution in [3.05, 3.63) is 42.2 Å². The van der Waals surface area contributed by atoms with E-state index >= 15 is 0 Å². The summed E-state index contributed by atoms with van der Waals surface area (Å²) in [4.78, 5) is 28.4. The van der Waals surface area contributed by atoms with E-state index in [0.29, 0.717) is 24.8 Å². The predicted octanol–water partition coefficient (Wildman–Crippen LogP) is 1.98. The Hall–Kier alpha value is -2.45. The van der Waals surface area contributed by atoms with Gasteiger partial charge in [0.1, 0.15) is 12.9 Å². The zero-order valence-corrected chi connectivity index (χ0v) is 17.5. The SMILES string of the molecule is CC(CC(=O)Nc1ncn(CC(=O)NCc2ccccc2)n1)C1CCCNC1.Cl. The number of aromatic nitrogens is 3. The third kappa shape index (κ3) is 7.47. The van der Waals surface area contributed by atoms with E-state index in [2.05, 4.69) is 33.0 Å². The minimum absolute atomic E-state index is 0. The number of anilines is 1. The number of rotatable bonds is 8. The highest BCUT2D eigenvalue weighted by Crippen LogP contribution is 2.22. The van der Waals surface area contributed by atoms with Crippen LogP contribution in [0.15, 0.2) is 36.7 Å². The maximum atomic E-state index is 12.3. The number of nitrogens with zero attached hydrogens (tertiary/aromatic N) is 3. The smallest absolute Gasteiger partial charge is 0.248 e. The van der Waals surface area contributed by atoms with Crippen LogP contribution in [0.2, 0.25) is 0 Å². The van der Waals surface area contributed by atoms with E-state index < -0.39 is 0 Å². The van der Waals surface area contributed by atoms with Crippen LogP contribution in [0, 0.1) is 11.8 Å². The molecule has 3 N–H and O–H groups in total. The summed E-state index contributed by atoms with van der Waals surface area (Å²) in [5.41, 5.74) is 1.03. The topological polar surface area (TPSA) is 101 Å². The van der Waals surface area contributed by atoms with E-state index in [4.69, 9.17) is 0 Å². The number of hydrogen-bond donors (Lipinski definition) is 3. The van der Waals surface area contributed by atoms with Gasteiger partial charge in [-0.2, -0.15) is 0 Å². The van der Waals surface area contributed by atoms with Crippen LogP contribution in [0.5, 0.6) is 0 Å². The molecule has 2 atom stereocenters. The molecular weight excluding hydrogens is 392 g/mol. The number of hydrogen-bond acceptors (Lipinski definition) is 5. The molecule has 1 aliphatic heterocycles. The van der Waals surface area contributed by atoms with Gasteiger partial charge in [-0.25, -0.2) is 9.67 Å². The minimum atomic E-state index is -0.162. The van der Waals surface area contributed by atoms with Gasteiger partial charge in [0.05, 0.1) is 0 Å². The lowest BCUT2D eigenvalue weighted by Gasteiger charge is -2.27. The summed E-state index contributed by atoms with van der Waals surface area (Å²) in [6.45, 7) is 4.67. The zero-order valence-electron chi connectivity index (χ0n) is 16.6. The largest absolute Gasteiger partial charge is 0.350 e. The van der Waals surface area contributed by atoms with Crippen molar-refractivity contribution in [1.82, 2.24) is 25.4 Å². The highest BCUT2D eigenvalue weighted by atomic mass is 35.5. The van der Waals surface area contributed by atoms with Gasteiger partial charge in [-0.1, -0.05) is 37.3 Å². The Labute approximate surface area is 177 Å². The van der Waals surface area contributed by atoms with Crippen molar-refractivity contribution in [2.75, 3.05) is 18.4 Å². The first-order chi connectivity index (χ1) is 13.6. The van der Waals surface area contributed by atoms with Crippen molar-refractivity contribution < 1.29 is 9.59 Å². The van der Waals surface area contributed by atoms with Gasteiger partial charge in [-0.05, 0) is 43.3 Å². The average molecular weight is 421 g/mol. The highest BCUT2D eigenvalue weighted by molar-refractivity contribution is 5.89. The molecule has 2 heterocycles. The lowest BCUT2D eigenvalue weighted by atomic mass is 9.85. The van der Waals surface area contributed by atoms with E-state index in [1.54, 1.807) is 0 Å². The third-order valence-electron chi connectivity index (χ3n) is 5.07. The van der Waals surface area contributed by atoms with Crippen LogP contribution < -0.4 is 16.0 Å². The number of amides is 2. The summed E-state index contributed by atoms with van der Waals surface area (Å²) < 4.78 is 1.42. The Morgan fingerprint density at radius 3 is 2.79 bits per heavy atom. The van der Waals surface area contributed by atoms with Crippen LogP contribution >= 0.6 is 12.4 Å². The van der Waals surface area contributed by atoms with Gasteiger partial charge in [0.2, 0.25) is 17.8 Å². The molecule has 2 aromatic rings. The molecule has 2 unspecified atom stereocenters. The molecule has 29 heavy (non-hydrogen) atoms. The van der Waals surface area contributed by atoms with Crippen LogP contribution in [-0.4, -0.2) is 39.7 Å². The van der Waals surface area contributed by atoms with E-state index in [9.17, 15) is 9.59 Å². The molecule has 0 aliphatic carbocycles. The summed E-state index contributed by atoms with van der Waals surface area (Å²) in [7, 11) is 0. The van der Waals surface area contributed by atoms with Crippen molar-refractivity contribution in [3.63, 3.8) is 0 Å². The second-order valence-electron chi connectivity index (χ2n) is 7.36. The zero-order chi connectivity index (χ0) is 19.8. The molecule has 158 valence electrons. The number of halogens is 1. The van der Waals surface area contributed by atoms with Crippen molar-refractivity contribution in [2.24, 2.45) is 11.8 Å². The Kier molecular flexibility index (Phi) is 9.08. The third-order valence-corrected chi connectivity index (χ3v) is 5.07. The summed E-state index contributed by atoms with van der Waals surface area (Å²) in [5.74, 6) is 0.807. The molecule has 0 spiro atoms. The van der Waals surface area contributed by atoms with Crippen molar-refractivity contribution in [3.8, 4) is 0 Å². The van der Waals surface area contributed by atoms with Crippen LogP contribution in [-0.2, 0) is 22.7 Å². The molecule has 8 nitrogen and oxygen atoms in total. The van der Waals surface area contributed by atoms with Gasteiger partial charge in [-0.3, -0.25) is 14.9 Å². The summed E-state index contributed by atoms with van der Waals surface area (Å²) in [6.07, 6.45) is 4.21. The first kappa shape index (κ1) is 22.8. The van der Waals surface area contributed by atoms with Gasteiger partial charge in [-0.15, -0.1) is 17.5 Å². The number of piperidine rings is 1. The highest BCUT2D eigenvalue weighted by Gasteiger charge is 2.22. The lowest BCUT2D eigenvalue weighted by Crippen LogP contribution is -2.34. The van der Waals surface area contributed by atoms with Gasteiger partial charge in [0, 0.05) is 13.0 Å². The number of carbonyl (C=O) groups is 2. The number of nitrogens with one attached hydrogen (secondary N) is 3. The van der Waals surface area contributed by atoms with Crippen molar-refractivity contribution in [1.29, 1.82) is 0 Å². The van der Waals surface area contributed by atoms with Crippen molar-refractivity contribution in [2.45, 2.75) is 39.3 Å². The number of benzene rings is 1. The van der Waals surface area contributed by atoms with Crippen LogP contribution in [0.3, 0.4) is 0 Å². The van der Waals surface area contributed by atoms with Gasteiger partial charge in [0.15, 0.2) is 0 Å². The average Bonchev–Trinajstić information content (AvgIpc) is 3.14. The summed E-state index contributed by atoms with van der Waals surface area (Å²) >= 11 is 0. The maximum Gasteiger partial charge on any atom is 0.248 e. The van der Waals surface area contributed by atoms with Crippen LogP contribution in [0.1, 0.15) is 31.7 Å². The molecule has 1 aromatic carbocycles. The molecule has 1 fully saturated rings. The quantitative estimate of drug-likeness (QED) is 0.606. The van der Waals surface area contributed by atoms with E-state index in [0.717, 1.165) is 31.5 Å². The second-order valence-corrected chi connectivity index (χ2v) is 7.36. The van der Waals surface area contributed by atoms with Crippen molar-refractivity contribution >= 4 is 30.2 Å². The molecule has 1 aromatic heterocycles. The van der Waals surface area contributed by atoms with Gasteiger partial charge in [0.25, 0.3) is 0 Å². The van der Waals surface area contributed by atoms with E-state index in [1.807, 2.05) is 30.3 Å². The lowest BCUT2D eigenvalue weighted by molar-refractivity contribution is -0.122. The standard InChI is InChI=1S/C20H28N6O2.ClH/c1-15(17-8-5-9-21-12-17)10-18(27)24-20-23-14-26(25-20)13-19(28)22-11-16-6-3-2-4-7-16;/h2-4,6-7,14-15,17,21H,5,8-13H2,1H3,(H,22,28)(H,24,25,27);1H. The Morgan fingerprint density at radius 1 is 1.28 bits per heavy atom. The molecule has 0 saturated carbocycles. The van der Waals surface area contributed by atoms with Crippen LogP contribution in [0.4, 0.5) is 5.95 Å².